The van der Waals surface area contributed by atoms with E-state index in [4.69, 9.17) is 16.3 Å². The van der Waals surface area contributed by atoms with Gasteiger partial charge in [-0.25, -0.2) is 0 Å². The first-order valence-corrected chi connectivity index (χ1v) is 7.34. The molecule has 0 spiro atoms. The number of halogens is 2. The van der Waals surface area contributed by atoms with Crippen LogP contribution in [0.15, 0.2) is 59.2 Å². The van der Waals surface area contributed by atoms with Crippen LogP contribution in [0.25, 0.3) is 0 Å². The van der Waals surface area contributed by atoms with Crippen molar-refractivity contribution in [2.24, 2.45) is 0 Å². The van der Waals surface area contributed by atoms with Crippen molar-refractivity contribution in [2.75, 3.05) is 12.4 Å². The van der Waals surface area contributed by atoms with Crippen LogP contribution in [0.4, 0.5) is 5.69 Å². The number of carbonyl (C=O) groups excluding carboxylic acids is 1. The van der Waals surface area contributed by atoms with E-state index in [1.54, 1.807) is 43.6 Å². The molecule has 0 heterocycles. The average molecular weight is 367 g/mol. The smallest absolute Gasteiger partial charge is 0.187 e. The molecule has 0 aromatic heterocycles. The van der Waals surface area contributed by atoms with Gasteiger partial charge in [-0.1, -0.05) is 11.6 Å². The summed E-state index contributed by atoms with van der Waals surface area (Å²) in [6.45, 7) is 0. The fourth-order valence-electron chi connectivity index (χ4n) is 1.65. The highest BCUT2D eigenvalue weighted by atomic mass is 79.9. The number of hydrogen-bond donors (Lipinski definition) is 1. The summed E-state index contributed by atoms with van der Waals surface area (Å²) in [5, 5.41) is 3.61. The Hall–Kier alpha value is -1.78. The van der Waals surface area contributed by atoms with Crippen molar-refractivity contribution in [1.29, 1.82) is 0 Å². The predicted molar refractivity (Wildman–Crippen MR) is 89.2 cm³/mol. The molecule has 0 aliphatic rings. The first-order valence-electron chi connectivity index (χ1n) is 6.16. The molecule has 0 radical (unpaired) electrons. The second-order valence-electron chi connectivity index (χ2n) is 4.20. The van der Waals surface area contributed by atoms with E-state index in [9.17, 15) is 4.79 Å². The lowest BCUT2D eigenvalue weighted by Gasteiger charge is -2.03. The molecule has 0 aliphatic heterocycles. The lowest BCUT2D eigenvalue weighted by atomic mass is 10.1. The third-order valence-corrected chi connectivity index (χ3v) is 4.01. The lowest BCUT2D eigenvalue weighted by molar-refractivity contribution is 0.104. The van der Waals surface area contributed by atoms with Gasteiger partial charge in [0.1, 0.15) is 5.75 Å². The Balaban J connectivity index is 1.99. The van der Waals surface area contributed by atoms with E-state index >= 15 is 0 Å². The van der Waals surface area contributed by atoms with Gasteiger partial charge >= 0.3 is 0 Å². The van der Waals surface area contributed by atoms with E-state index in [1.165, 1.54) is 6.08 Å². The number of methoxy groups -OCH3 is 1. The van der Waals surface area contributed by atoms with E-state index in [1.807, 2.05) is 12.1 Å². The van der Waals surface area contributed by atoms with Crippen LogP contribution in [0.3, 0.4) is 0 Å². The number of carbonyl (C=O) groups is 1. The minimum atomic E-state index is -0.0895. The molecule has 0 fully saturated rings. The molecule has 2 aromatic rings. The van der Waals surface area contributed by atoms with Gasteiger partial charge in [-0.2, -0.15) is 0 Å². The largest absolute Gasteiger partial charge is 0.497 e. The van der Waals surface area contributed by atoms with Gasteiger partial charge in [-0.15, -0.1) is 0 Å². The molecule has 108 valence electrons. The molecule has 0 atom stereocenters. The maximum Gasteiger partial charge on any atom is 0.187 e. The summed E-state index contributed by atoms with van der Waals surface area (Å²) in [5.74, 6) is 0.631. The first kappa shape index (κ1) is 15.6. The van der Waals surface area contributed by atoms with Crippen LogP contribution in [0, 0.1) is 0 Å². The van der Waals surface area contributed by atoms with Gasteiger partial charge in [0.25, 0.3) is 0 Å². The van der Waals surface area contributed by atoms with E-state index in [-0.39, 0.29) is 5.78 Å². The number of ether oxygens (including phenoxy) is 1. The van der Waals surface area contributed by atoms with Gasteiger partial charge in [0, 0.05) is 28.0 Å². The van der Waals surface area contributed by atoms with Gasteiger partial charge in [-0.05, 0) is 58.4 Å². The van der Waals surface area contributed by atoms with Crippen LogP contribution in [0.2, 0.25) is 5.02 Å². The van der Waals surface area contributed by atoms with Gasteiger partial charge in [0.15, 0.2) is 5.78 Å². The summed E-state index contributed by atoms with van der Waals surface area (Å²) in [6.07, 6.45) is 3.06. The van der Waals surface area contributed by atoms with Gasteiger partial charge in [0.05, 0.1) is 12.1 Å². The molecule has 3 nitrogen and oxygen atoms in total. The highest BCUT2D eigenvalue weighted by molar-refractivity contribution is 9.10. The molecular weight excluding hydrogens is 354 g/mol. The van der Waals surface area contributed by atoms with E-state index in [0.717, 1.165) is 15.9 Å². The van der Waals surface area contributed by atoms with Crippen molar-refractivity contribution >= 4 is 39.0 Å². The summed E-state index contributed by atoms with van der Waals surface area (Å²) in [7, 11) is 1.59. The lowest BCUT2D eigenvalue weighted by Crippen LogP contribution is -1.96. The zero-order valence-corrected chi connectivity index (χ0v) is 13.6. The summed E-state index contributed by atoms with van der Waals surface area (Å²) < 4.78 is 5.88. The maximum atomic E-state index is 12.0. The van der Waals surface area contributed by atoms with Crippen LogP contribution < -0.4 is 10.1 Å². The Morgan fingerprint density at radius 3 is 2.57 bits per heavy atom. The molecule has 0 unspecified atom stereocenters. The number of rotatable bonds is 5. The normalized spacial score (nSPS) is 10.6. The van der Waals surface area contributed by atoms with E-state index in [2.05, 4.69) is 21.2 Å². The molecule has 2 rings (SSSR count). The Kier molecular flexibility index (Phi) is 5.42. The van der Waals surface area contributed by atoms with Crippen LogP contribution in [-0.4, -0.2) is 12.9 Å². The molecule has 21 heavy (non-hydrogen) atoms. The third-order valence-electron chi connectivity index (χ3n) is 2.78. The van der Waals surface area contributed by atoms with Crippen molar-refractivity contribution < 1.29 is 9.53 Å². The molecule has 0 aliphatic carbocycles. The van der Waals surface area contributed by atoms with Crippen molar-refractivity contribution in [3.8, 4) is 5.75 Å². The molecule has 0 bridgehead atoms. The van der Waals surface area contributed by atoms with Crippen molar-refractivity contribution in [3.05, 3.63) is 69.8 Å². The molecule has 0 amide bonds. The zero-order chi connectivity index (χ0) is 15.2. The number of allylic oxidation sites excluding steroid dienone is 1. The van der Waals surface area contributed by atoms with Crippen molar-refractivity contribution in [1.82, 2.24) is 0 Å². The summed E-state index contributed by atoms with van der Waals surface area (Å²) in [6, 6.07) is 12.4. The molecule has 1 N–H and O–H groups in total. The molecule has 0 saturated heterocycles. The van der Waals surface area contributed by atoms with Crippen LogP contribution in [-0.2, 0) is 0 Å². The Morgan fingerprint density at radius 2 is 1.95 bits per heavy atom. The Morgan fingerprint density at radius 1 is 1.24 bits per heavy atom. The fraction of sp³-hybridized carbons (Fsp3) is 0.0625. The van der Waals surface area contributed by atoms with Gasteiger partial charge < -0.3 is 10.1 Å². The van der Waals surface area contributed by atoms with E-state index < -0.39 is 0 Å². The second-order valence-corrected chi connectivity index (χ2v) is 5.46. The fourth-order valence-corrected chi connectivity index (χ4v) is 2.08. The third kappa shape index (κ3) is 4.34. The predicted octanol–water partition coefficient (Wildman–Crippen LogP) is 4.92. The molecule has 2 aromatic carbocycles. The summed E-state index contributed by atoms with van der Waals surface area (Å²) in [4.78, 5) is 12.0. The van der Waals surface area contributed by atoms with Crippen LogP contribution in [0.5, 0.6) is 5.75 Å². The number of ketones is 1. The molecule has 5 heteroatoms. The SMILES string of the molecule is COc1ccc(C(=O)/C=C/Nc2ccc(Br)c(Cl)c2)cc1. The quantitative estimate of drug-likeness (QED) is 0.603. The van der Waals surface area contributed by atoms with Gasteiger partial charge in [0.2, 0.25) is 0 Å². The highest BCUT2D eigenvalue weighted by Gasteiger charge is 2.02. The minimum Gasteiger partial charge on any atom is -0.497 e. The van der Waals surface area contributed by atoms with Crippen molar-refractivity contribution in [2.45, 2.75) is 0 Å². The number of anilines is 1. The Labute approximate surface area is 136 Å². The average Bonchev–Trinajstić information content (AvgIpc) is 2.51. The topological polar surface area (TPSA) is 38.3 Å². The Bertz CT molecular complexity index is 668. The van der Waals surface area contributed by atoms with Crippen LogP contribution >= 0.6 is 27.5 Å². The van der Waals surface area contributed by atoms with Crippen molar-refractivity contribution in [3.63, 3.8) is 0 Å². The first-order chi connectivity index (χ1) is 10.1. The molecule has 0 saturated carbocycles. The van der Waals surface area contributed by atoms with Crippen LogP contribution in [0.1, 0.15) is 10.4 Å². The standard InChI is InChI=1S/C16H13BrClNO2/c1-21-13-5-2-11(3-6-13)16(20)8-9-19-12-4-7-14(17)15(18)10-12/h2-10,19H,1H3/b9-8+. The second kappa shape index (κ2) is 7.29. The van der Waals surface area contributed by atoms with E-state index in [0.29, 0.717) is 10.6 Å². The number of hydrogen-bond acceptors (Lipinski definition) is 3. The van der Waals surface area contributed by atoms with Gasteiger partial charge in [-0.3, -0.25) is 4.79 Å². The summed E-state index contributed by atoms with van der Waals surface area (Å²) in [5.41, 5.74) is 1.41. The maximum absolute atomic E-state index is 12.0. The monoisotopic (exact) mass is 365 g/mol. The number of nitrogens with one attached hydrogen (secondary N) is 1. The zero-order valence-electron chi connectivity index (χ0n) is 11.3. The highest BCUT2D eigenvalue weighted by Crippen LogP contribution is 2.25. The number of benzene rings is 2. The minimum absolute atomic E-state index is 0.0895. The summed E-state index contributed by atoms with van der Waals surface area (Å²) >= 11 is 9.31. The molecular formula is C16H13BrClNO2.